The van der Waals surface area contributed by atoms with E-state index in [-0.39, 0.29) is 0 Å². The van der Waals surface area contributed by atoms with E-state index in [4.69, 9.17) is 0 Å². The van der Waals surface area contributed by atoms with Gasteiger partial charge < -0.3 is 9.80 Å². The molecular formula is C11H17N3OS2. The van der Waals surface area contributed by atoms with Gasteiger partial charge in [0.25, 0.3) is 0 Å². The van der Waals surface area contributed by atoms with Crippen LogP contribution in [0, 0.1) is 11.3 Å². The Bertz CT molecular complexity index is 319. The molecule has 94 valence electrons. The van der Waals surface area contributed by atoms with Gasteiger partial charge in [-0.25, -0.2) is 0 Å². The molecule has 1 aliphatic heterocycles. The largest absolute Gasteiger partial charge is 0.306 e. The minimum atomic E-state index is -0.789. The maximum atomic E-state index is 11.1. The summed E-state index contributed by atoms with van der Waals surface area (Å²) in [5, 5.41) is 9.35. The van der Waals surface area contributed by atoms with Gasteiger partial charge in [-0.15, -0.1) is 30.1 Å². The smallest absolute Gasteiger partial charge is 0.224 e. The fraction of sp³-hybridized carbons (Fsp3) is 0.636. The first-order valence-corrected chi connectivity index (χ1v) is 7.25. The minimum absolute atomic E-state index is 0.406. The first-order chi connectivity index (χ1) is 8.09. The van der Waals surface area contributed by atoms with E-state index in [0.29, 0.717) is 12.6 Å². The summed E-state index contributed by atoms with van der Waals surface area (Å²) in [6.07, 6.45) is 2.38. The topological polar surface area (TPSA) is 47.3 Å². The van der Waals surface area contributed by atoms with Crippen LogP contribution < -0.4 is 0 Å². The third-order valence-corrected chi connectivity index (χ3v) is 5.89. The highest BCUT2D eigenvalue weighted by atomic mass is 32.2. The molecule has 0 aliphatic carbocycles. The van der Waals surface area contributed by atoms with E-state index in [1.165, 1.54) is 28.4 Å². The van der Waals surface area contributed by atoms with E-state index in [0.717, 1.165) is 17.9 Å². The maximum absolute atomic E-state index is 11.1. The zero-order valence-corrected chi connectivity index (χ0v) is 11.8. The minimum Gasteiger partial charge on any atom is -0.306 e. The molecule has 0 N–H and O–H groups in total. The molecule has 1 fully saturated rings. The van der Waals surface area contributed by atoms with E-state index in [1.807, 2.05) is 14.1 Å². The van der Waals surface area contributed by atoms with Crippen LogP contribution >= 0.6 is 23.5 Å². The molecule has 0 unspecified atom stereocenters. The molecule has 4 nitrogen and oxygen atoms in total. The van der Waals surface area contributed by atoms with Gasteiger partial charge in [-0.3, -0.25) is 4.79 Å². The molecule has 1 amide bonds. The Morgan fingerprint density at radius 3 is 2.47 bits per heavy atom. The fourth-order valence-electron chi connectivity index (χ4n) is 1.47. The van der Waals surface area contributed by atoms with Crippen molar-refractivity contribution in [1.29, 1.82) is 5.26 Å². The van der Waals surface area contributed by atoms with Crippen molar-refractivity contribution in [3.63, 3.8) is 0 Å². The average Bonchev–Trinajstić information content (AvgIpc) is 2.36. The van der Waals surface area contributed by atoms with E-state index >= 15 is 0 Å². The van der Waals surface area contributed by atoms with Crippen LogP contribution in [0.4, 0.5) is 0 Å². The van der Waals surface area contributed by atoms with Crippen molar-refractivity contribution in [3.05, 3.63) is 12.7 Å². The second-order valence-electron chi connectivity index (χ2n) is 3.98. The molecule has 6 heteroatoms. The van der Waals surface area contributed by atoms with E-state index < -0.39 is 4.20 Å². The molecule has 1 saturated heterocycles. The summed E-state index contributed by atoms with van der Waals surface area (Å²) in [5.41, 5.74) is 0. The van der Waals surface area contributed by atoms with Crippen LogP contribution in [0.5, 0.6) is 0 Å². The second-order valence-corrected chi connectivity index (χ2v) is 6.66. The fourth-order valence-corrected chi connectivity index (χ4v) is 4.73. The van der Waals surface area contributed by atoms with E-state index in [9.17, 15) is 10.1 Å². The van der Waals surface area contributed by atoms with Crippen LogP contribution in [0.1, 0.15) is 0 Å². The Morgan fingerprint density at radius 2 is 2.12 bits per heavy atom. The lowest BCUT2D eigenvalue weighted by Crippen LogP contribution is -2.48. The Morgan fingerprint density at radius 1 is 1.53 bits per heavy atom. The summed E-state index contributed by atoms with van der Waals surface area (Å²) < 4.78 is -0.789. The first-order valence-electron chi connectivity index (χ1n) is 5.28. The lowest BCUT2D eigenvalue weighted by atomic mass is 10.4. The first kappa shape index (κ1) is 14.4. The van der Waals surface area contributed by atoms with Gasteiger partial charge in [0.2, 0.25) is 10.6 Å². The normalized spacial score (nSPS) is 28.5. The zero-order chi connectivity index (χ0) is 12.9. The van der Waals surface area contributed by atoms with E-state index in [2.05, 4.69) is 17.5 Å². The molecule has 0 spiro atoms. The lowest BCUT2D eigenvalue weighted by molar-refractivity contribution is -0.118. The van der Waals surface area contributed by atoms with Crippen LogP contribution in [-0.2, 0) is 4.79 Å². The molecule has 0 aromatic carbocycles. The van der Waals surface area contributed by atoms with Crippen molar-refractivity contribution in [2.45, 2.75) is 10.2 Å². The van der Waals surface area contributed by atoms with Gasteiger partial charge in [0.15, 0.2) is 0 Å². The van der Waals surface area contributed by atoms with Crippen molar-refractivity contribution in [3.8, 4) is 6.07 Å². The number of thioether (sulfide) groups is 2. The molecule has 0 aromatic heterocycles. The van der Waals surface area contributed by atoms with Crippen molar-refractivity contribution < 1.29 is 4.79 Å². The lowest BCUT2D eigenvalue weighted by Gasteiger charge is -2.41. The monoisotopic (exact) mass is 271 g/mol. The summed E-state index contributed by atoms with van der Waals surface area (Å²) in [6, 6.07) is 2.71. The highest BCUT2D eigenvalue weighted by Gasteiger charge is 2.42. The van der Waals surface area contributed by atoms with Crippen LogP contribution in [0.25, 0.3) is 0 Å². The molecule has 0 atom stereocenters. The molecule has 1 rings (SSSR count). The van der Waals surface area contributed by atoms with Crippen LogP contribution in [-0.4, -0.2) is 58.6 Å². The SMILES string of the molecule is C=CCN(C=O)C1(C#N)SCC(N(C)C)CS1. The molecule has 0 aromatic rings. The average molecular weight is 271 g/mol. The van der Waals surface area contributed by atoms with E-state index in [1.54, 1.807) is 6.08 Å². The molecule has 0 saturated carbocycles. The number of nitrogens with zero attached hydrogens (tertiary/aromatic N) is 3. The summed E-state index contributed by atoms with van der Waals surface area (Å²) in [5.74, 6) is 1.71. The number of amides is 1. The number of rotatable bonds is 5. The summed E-state index contributed by atoms with van der Waals surface area (Å²) in [7, 11) is 4.07. The molecule has 1 heterocycles. The molecular weight excluding hydrogens is 254 g/mol. The van der Waals surface area contributed by atoms with Crippen LogP contribution in [0.2, 0.25) is 0 Å². The predicted molar refractivity (Wildman–Crippen MR) is 73.7 cm³/mol. The third-order valence-electron chi connectivity index (χ3n) is 2.65. The summed E-state index contributed by atoms with van der Waals surface area (Å²) >= 11 is 3.05. The van der Waals surface area contributed by atoms with Crippen molar-refractivity contribution in [2.75, 3.05) is 32.1 Å². The molecule has 1 aliphatic rings. The molecule has 0 radical (unpaired) electrons. The predicted octanol–water partition coefficient (Wildman–Crippen LogP) is 1.22. The Hall–Kier alpha value is -0.640. The van der Waals surface area contributed by atoms with Crippen molar-refractivity contribution in [1.82, 2.24) is 9.80 Å². The number of carbonyl (C=O) groups excluding carboxylic acids is 1. The number of nitriles is 1. The molecule has 17 heavy (non-hydrogen) atoms. The highest BCUT2D eigenvalue weighted by molar-refractivity contribution is 8.19. The Labute approximate surface area is 111 Å². The van der Waals surface area contributed by atoms with Gasteiger partial charge in [-0.05, 0) is 14.1 Å². The zero-order valence-electron chi connectivity index (χ0n) is 10.1. The summed E-state index contributed by atoms with van der Waals surface area (Å²) in [4.78, 5) is 14.7. The third kappa shape index (κ3) is 3.18. The van der Waals surface area contributed by atoms with Gasteiger partial charge in [0.05, 0.1) is 0 Å². The van der Waals surface area contributed by atoms with Gasteiger partial charge in [-0.1, -0.05) is 6.08 Å². The second kappa shape index (κ2) is 6.34. The van der Waals surface area contributed by atoms with Gasteiger partial charge in [0.1, 0.15) is 6.07 Å². The van der Waals surface area contributed by atoms with Crippen LogP contribution in [0.15, 0.2) is 12.7 Å². The standard InChI is InChI=1S/C11H17N3OS2/c1-4-5-14(9-15)11(8-12)16-6-10(7-17-11)13(2)3/h4,9-10H,1,5-7H2,2-3H3. The number of hydrogen-bond donors (Lipinski definition) is 0. The maximum Gasteiger partial charge on any atom is 0.224 e. The van der Waals surface area contributed by atoms with Crippen molar-refractivity contribution >= 4 is 29.9 Å². The molecule has 0 bridgehead atoms. The van der Waals surface area contributed by atoms with Gasteiger partial charge in [0, 0.05) is 24.1 Å². The number of hydrogen-bond acceptors (Lipinski definition) is 5. The Balaban J connectivity index is 2.76. The van der Waals surface area contributed by atoms with Gasteiger partial charge >= 0.3 is 0 Å². The highest BCUT2D eigenvalue weighted by Crippen LogP contribution is 2.44. The Kier molecular flexibility index (Phi) is 5.37. The van der Waals surface area contributed by atoms with Gasteiger partial charge in [-0.2, -0.15) is 5.26 Å². The number of carbonyl (C=O) groups is 1. The quantitative estimate of drug-likeness (QED) is 0.556. The summed E-state index contributed by atoms with van der Waals surface area (Å²) in [6.45, 7) is 4.02. The van der Waals surface area contributed by atoms with Crippen molar-refractivity contribution in [2.24, 2.45) is 0 Å². The van der Waals surface area contributed by atoms with Crippen LogP contribution in [0.3, 0.4) is 0 Å².